The van der Waals surface area contributed by atoms with Gasteiger partial charge in [-0.3, -0.25) is 0 Å². The second-order valence-electron chi connectivity index (χ2n) is 3.25. The third kappa shape index (κ3) is 3.19. The molecule has 0 aliphatic heterocycles. The molecule has 0 aromatic carbocycles. The smallest absolute Gasteiger partial charge is 0.199 e. The van der Waals surface area contributed by atoms with E-state index in [0.29, 0.717) is 5.89 Å². The lowest BCUT2D eigenvalue weighted by Crippen LogP contribution is -2.04. The van der Waals surface area contributed by atoms with Gasteiger partial charge in [-0.15, -0.1) is 0 Å². The molecule has 1 unspecified atom stereocenters. The maximum atomic E-state index is 9.10. The lowest BCUT2D eigenvalue weighted by Gasteiger charge is -2.08. The molecule has 0 bridgehead atoms. The zero-order chi connectivity index (χ0) is 9.52. The van der Waals surface area contributed by atoms with E-state index in [2.05, 4.69) is 11.9 Å². The van der Waals surface area contributed by atoms with Gasteiger partial charge in [-0.05, 0) is 6.42 Å². The van der Waals surface area contributed by atoms with Crippen LogP contribution in [-0.4, -0.2) is 16.7 Å². The Labute approximate surface area is 78.8 Å². The van der Waals surface area contributed by atoms with E-state index in [0.717, 1.165) is 12.8 Å². The van der Waals surface area contributed by atoms with Crippen LogP contribution in [0.3, 0.4) is 0 Å². The first-order valence-electron chi connectivity index (χ1n) is 4.88. The summed E-state index contributed by atoms with van der Waals surface area (Å²) >= 11 is 0. The number of aliphatic hydroxyl groups excluding tert-OH is 1. The van der Waals surface area contributed by atoms with Gasteiger partial charge < -0.3 is 9.52 Å². The number of aromatic nitrogens is 1. The molecule has 13 heavy (non-hydrogen) atoms. The molecule has 1 aromatic rings. The minimum Gasteiger partial charge on any atom is -0.449 e. The molecule has 0 saturated heterocycles. The predicted octanol–water partition coefficient (Wildman–Crippen LogP) is 2.33. The largest absolute Gasteiger partial charge is 0.449 e. The van der Waals surface area contributed by atoms with Crippen LogP contribution in [0.4, 0.5) is 0 Å². The van der Waals surface area contributed by atoms with Crippen LogP contribution < -0.4 is 0 Å². The third-order valence-electron chi connectivity index (χ3n) is 2.18. The minimum absolute atomic E-state index is 0.0848. The summed E-state index contributed by atoms with van der Waals surface area (Å²) in [5.41, 5.74) is 0. The van der Waals surface area contributed by atoms with E-state index in [1.54, 1.807) is 12.5 Å². The summed E-state index contributed by atoms with van der Waals surface area (Å²) in [6, 6.07) is 0. The zero-order valence-corrected chi connectivity index (χ0v) is 8.07. The monoisotopic (exact) mass is 183 g/mol. The number of hydrogen-bond donors (Lipinski definition) is 1. The molecule has 0 aliphatic carbocycles. The van der Waals surface area contributed by atoms with Crippen molar-refractivity contribution in [2.24, 2.45) is 0 Å². The highest BCUT2D eigenvalue weighted by atomic mass is 16.3. The van der Waals surface area contributed by atoms with E-state index in [1.165, 1.54) is 12.8 Å². The van der Waals surface area contributed by atoms with Gasteiger partial charge in [0.1, 0.15) is 6.26 Å². The molecule has 0 spiro atoms. The Bertz CT molecular complexity index is 209. The van der Waals surface area contributed by atoms with Crippen LogP contribution in [-0.2, 0) is 0 Å². The van der Waals surface area contributed by atoms with Crippen molar-refractivity contribution in [3.8, 4) is 0 Å². The van der Waals surface area contributed by atoms with Crippen molar-refractivity contribution in [1.82, 2.24) is 4.98 Å². The van der Waals surface area contributed by atoms with Gasteiger partial charge in [-0.25, -0.2) is 4.98 Å². The second kappa shape index (κ2) is 5.75. The molecule has 0 aliphatic rings. The van der Waals surface area contributed by atoms with E-state index in [-0.39, 0.29) is 12.5 Å². The number of aliphatic hydroxyl groups is 1. The fourth-order valence-corrected chi connectivity index (χ4v) is 1.37. The van der Waals surface area contributed by atoms with Gasteiger partial charge in [0.05, 0.1) is 18.7 Å². The van der Waals surface area contributed by atoms with E-state index in [4.69, 9.17) is 9.52 Å². The fourth-order valence-electron chi connectivity index (χ4n) is 1.37. The maximum Gasteiger partial charge on any atom is 0.199 e. The first kappa shape index (κ1) is 10.3. The molecule has 0 saturated carbocycles. The van der Waals surface area contributed by atoms with Crippen LogP contribution in [0.1, 0.15) is 44.4 Å². The average Bonchev–Trinajstić information content (AvgIpc) is 2.65. The first-order chi connectivity index (χ1) is 6.38. The summed E-state index contributed by atoms with van der Waals surface area (Å²) in [7, 11) is 0. The second-order valence-corrected chi connectivity index (χ2v) is 3.25. The predicted molar refractivity (Wildman–Crippen MR) is 50.5 cm³/mol. The quantitative estimate of drug-likeness (QED) is 0.688. The lowest BCUT2D eigenvalue weighted by atomic mass is 10.0. The number of unbranched alkanes of at least 4 members (excludes halogenated alkanes) is 2. The van der Waals surface area contributed by atoms with E-state index >= 15 is 0 Å². The van der Waals surface area contributed by atoms with Gasteiger partial charge in [-0.1, -0.05) is 26.2 Å². The van der Waals surface area contributed by atoms with Crippen LogP contribution in [0.15, 0.2) is 16.9 Å². The van der Waals surface area contributed by atoms with Crippen molar-refractivity contribution in [2.75, 3.05) is 6.61 Å². The molecule has 0 fully saturated rings. The summed E-state index contributed by atoms with van der Waals surface area (Å²) in [4.78, 5) is 4.04. The lowest BCUT2D eigenvalue weighted by molar-refractivity contribution is 0.235. The molecule has 3 nitrogen and oxygen atoms in total. The Morgan fingerprint density at radius 3 is 2.92 bits per heavy atom. The molecule has 74 valence electrons. The van der Waals surface area contributed by atoms with Crippen molar-refractivity contribution in [1.29, 1.82) is 0 Å². The van der Waals surface area contributed by atoms with Crippen molar-refractivity contribution in [2.45, 2.75) is 38.5 Å². The van der Waals surface area contributed by atoms with Gasteiger partial charge in [0.15, 0.2) is 5.89 Å². The Morgan fingerprint density at radius 1 is 1.54 bits per heavy atom. The van der Waals surface area contributed by atoms with Gasteiger partial charge in [0.25, 0.3) is 0 Å². The van der Waals surface area contributed by atoms with E-state index in [9.17, 15) is 0 Å². The Balaban J connectivity index is 2.35. The molecule has 1 rings (SSSR count). The van der Waals surface area contributed by atoms with Crippen molar-refractivity contribution < 1.29 is 9.52 Å². The topological polar surface area (TPSA) is 46.3 Å². The Kier molecular flexibility index (Phi) is 4.54. The molecule has 1 aromatic heterocycles. The Morgan fingerprint density at radius 2 is 2.38 bits per heavy atom. The molecule has 0 radical (unpaired) electrons. The highest BCUT2D eigenvalue weighted by Crippen LogP contribution is 2.19. The zero-order valence-electron chi connectivity index (χ0n) is 8.07. The molecular formula is C10H17NO2. The Hall–Kier alpha value is -0.830. The normalized spacial score (nSPS) is 13.1. The molecule has 0 amide bonds. The molecule has 3 heteroatoms. The van der Waals surface area contributed by atoms with Crippen molar-refractivity contribution in [3.63, 3.8) is 0 Å². The molecule has 1 atom stereocenters. The van der Waals surface area contributed by atoms with Crippen LogP contribution in [0.2, 0.25) is 0 Å². The summed E-state index contributed by atoms with van der Waals surface area (Å²) in [6.07, 6.45) is 7.67. The molecule has 1 N–H and O–H groups in total. The maximum absolute atomic E-state index is 9.10. The summed E-state index contributed by atoms with van der Waals surface area (Å²) in [5, 5.41) is 9.10. The van der Waals surface area contributed by atoms with Crippen LogP contribution >= 0.6 is 0 Å². The van der Waals surface area contributed by atoms with Gasteiger partial charge >= 0.3 is 0 Å². The SMILES string of the molecule is CCCCCC(CO)c1ncco1. The van der Waals surface area contributed by atoms with Crippen LogP contribution in [0, 0.1) is 0 Å². The highest BCUT2D eigenvalue weighted by molar-refractivity contribution is 4.91. The van der Waals surface area contributed by atoms with Crippen molar-refractivity contribution >= 4 is 0 Å². The van der Waals surface area contributed by atoms with Crippen LogP contribution in [0.5, 0.6) is 0 Å². The standard InChI is InChI=1S/C10H17NO2/c1-2-3-4-5-9(8-12)10-11-6-7-13-10/h6-7,9,12H,2-5,8H2,1H3. The van der Waals surface area contributed by atoms with Crippen molar-refractivity contribution in [3.05, 3.63) is 18.4 Å². The van der Waals surface area contributed by atoms with Gasteiger partial charge in [0.2, 0.25) is 0 Å². The highest BCUT2D eigenvalue weighted by Gasteiger charge is 2.13. The fraction of sp³-hybridized carbons (Fsp3) is 0.700. The minimum atomic E-state index is 0.0848. The van der Waals surface area contributed by atoms with E-state index < -0.39 is 0 Å². The summed E-state index contributed by atoms with van der Waals surface area (Å²) < 4.78 is 5.15. The number of oxazole rings is 1. The third-order valence-corrected chi connectivity index (χ3v) is 2.18. The number of hydrogen-bond acceptors (Lipinski definition) is 3. The van der Waals surface area contributed by atoms with E-state index in [1.807, 2.05) is 0 Å². The summed E-state index contributed by atoms with van der Waals surface area (Å²) in [6.45, 7) is 2.29. The average molecular weight is 183 g/mol. The van der Waals surface area contributed by atoms with Gasteiger partial charge in [0, 0.05) is 0 Å². The molecular weight excluding hydrogens is 166 g/mol. The molecule has 1 heterocycles. The van der Waals surface area contributed by atoms with Crippen LogP contribution in [0.25, 0.3) is 0 Å². The first-order valence-corrected chi connectivity index (χ1v) is 4.88. The number of nitrogens with zero attached hydrogens (tertiary/aromatic N) is 1. The van der Waals surface area contributed by atoms with Gasteiger partial charge in [-0.2, -0.15) is 0 Å². The number of rotatable bonds is 6. The summed E-state index contributed by atoms with van der Waals surface area (Å²) in [5.74, 6) is 0.750.